The molecule has 7 nitrogen and oxygen atoms in total. The fourth-order valence-electron chi connectivity index (χ4n) is 3.87. The number of hydrogen-bond donors (Lipinski definition) is 2. The zero-order valence-electron chi connectivity index (χ0n) is 17.0. The monoisotopic (exact) mass is 398 g/mol. The van der Waals surface area contributed by atoms with Gasteiger partial charge >= 0.3 is 0 Å². The number of benzene rings is 1. The van der Waals surface area contributed by atoms with Crippen molar-refractivity contribution in [3.8, 4) is 11.5 Å². The molecule has 3 heterocycles. The number of nitrogens with one attached hydrogen (secondary N) is 2. The SMILES string of the molecule is CN=C(NCC(c1ccco1)N1CCCCC1)Nc1ccc2c(c1)OCCCO2. The Balaban J connectivity index is 1.41. The van der Waals surface area contributed by atoms with E-state index in [-0.39, 0.29) is 6.04 Å². The van der Waals surface area contributed by atoms with Gasteiger partial charge in [-0.1, -0.05) is 6.42 Å². The number of nitrogens with zero attached hydrogens (tertiary/aromatic N) is 2. The third-order valence-corrected chi connectivity index (χ3v) is 5.40. The maximum atomic E-state index is 5.79. The average Bonchev–Trinajstić information content (AvgIpc) is 3.19. The molecule has 1 aromatic heterocycles. The second-order valence-corrected chi connectivity index (χ2v) is 7.42. The van der Waals surface area contributed by atoms with Crippen LogP contribution in [0.4, 0.5) is 5.69 Å². The van der Waals surface area contributed by atoms with Crippen molar-refractivity contribution in [2.24, 2.45) is 4.99 Å². The van der Waals surface area contributed by atoms with Gasteiger partial charge in [0.25, 0.3) is 0 Å². The Morgan fingerprint density at radius 3 is 2.66 bits per heavy atom. The molecule has 7 heteroatoms. The van der Waals surface area contributed by atoms with Crippen molar-refractivity contribution in [3.63, 3.8) is 0 Å². The average molecular weight is 399 g/mol. The summed E-state index contributed by atoms with van der Waals surface area (Å²) in [7, 11) is 1.78. The first-order chi connectivity index (χ1) is 14.3. The zero-order valence-corrected chi connectivity index (χ0v) is 17.0. The Morgan fingerprint density at radius 1 is 1.07 bits per heavy atom. The van der Waals surface area contributed by atoms with E-state index in [0.29, 0.717) is 19.2 Å². The molecule has 1 fully saturated rings. The molecule has 0 bridgehead atoms. The van der Waals surface area contributed by atoms with Crippen LogP contribution in [0.2, 0.25) is 0 Å². The lowest BCUT2D eigenvalue weighted by Crippen LogP contribution is -2.42. The molecule has 2 N–H and O–H groups in total. The van der Waals surface area contributed by atoms with E-state index in [2.05, 4.69) is 26.6 Å². The topological polar surface area (TPSA) is 71.3 Å². The van der Waals surface area contributed by atoms with Gasteiger partial charge in [-0.05, 0) is 50.2 Å². The van der Waals surface area contributed by atoms with Gasteiger partial charge in [0.2, 0.25) is 0 Å². The molecule has 1 unspecified atom stereocenters. The van der Waals surface area contributed by atoms with Crippen LogP contribution in [0.3, 0.4) is 0 Å². The molecule has 1 atom stereocenters. The van der Waals surface area contributed by atoms with Crippen LogP contribution in [-0.2, 0) is 0 Å². The quantitative estimate of drug-likeness (QED) is 0.592. The second-order valence-electron chi connectivity index (χ2n) is 7.42. The lowest BCUT2D eigenvalue weighted by molar-refractivity contribution is 0.146. The van der Waals surface area contributed by atoms with E-state index in [4.69, 9.17) is 13.9 Å². The van der Waals surface area contributed by atoms with Gasteiger partial charge in [-0.3, -0.25) is 9.89 Å². The first kappa shape index (κ1) is 19.6. The van der Waals surface area contributed by atoms with Gasteiger partial charge in [-0.25, -0.2) is 0 Å². The molecule has 156 valence electrons. The van der Waals surface area contributed by atoms with Gasteiger partial charge in [0.1, 0.15) is 5.76 Å². The summed E-state index contributed by atoms with van der Waals surface area (Å²) in [6, 6.07) is 10.1. The van der Waals surface area contributed by atoms with Crippen molar-refractivity contribution in [1.29, 1.82) is 0 Å². The number of likely N-dealkylation sites (tertiary alicyclic amines) is 1. The van der Waals surface area contributed by atoms with Crippen molar-refractivity contribution in [3.05, 3.63) is 42.4 Å². The number of guanidine groups is 1. The Bertz CT molecular complexity index is 800. The third-order valence-electron chi connectivity index (χ3n) is 5.40. The first-order valence-corrected chi connectivity index (χ1v) is 10.5. The zero-order chi connectivity index (χ0) is 19.9. The number of furan rings is 1. The summed E-state index contributed by atoms with van der Waals surface area (Å²) in [6.07, 6.45) is 6.42. The number of hydrogen-bond acceptors (Lipinski definition) is 5. The summed E-state index contributed by atoms with van der Waals surface area (Å²) < 4.78 is 17.2. The standard InChI is InChI=1S/C22H30N4O3/c1-23-22(25-17-8-9-20-21(15-17)29-14-6-13-28-20)24-16-18(19-7-5-12-27-19)26-10-3-2-4-11-26/h5,7-9,12,15,18H,2-4,6,10-11,13-14,16H2,1H3,(H2,23,24,25). The van der Waals surface area contributed by atoms with Crippen molar-refractivity contribution < 1.29 is 13.9 Å². The molecule has 4 rings (SSSR count). The predicted octanol–water partition coefficient (Wildman–Crippen LogP) is 3.66. The Hall–Kier alpha value is -2.67. The Labute approximate surface area is 172 Å². The van der Waals surface area contributed by atoms with Crippen molar-refractivity contribution >= 4 is 11.6 Å². The highest BCUT2D eigenvalue weighted by Gasteiger charge is 2.24. The lowest BCUT2D eigenvalue weighted by Gasteiger charge is -2.33. The number of piperidine rings is 1. The number of anilines is 1. The van der Waals surface area contributed by atoms with E-state index in [1.807, 2.05) is 24.3 Å². The fraction of sp³-hybridized carbons (Fsp3) is 0.500. The minimum atomic E-state index is 0.188. The van der Waals surface area contributed by atoms with Crippen LogP contribution in [0.5, 0.6) is 11.5 Å². The highest BCUT2D eigenvalue weighted by atomic mass is 16.5. The summed E-state index contributed by atoms with van der Waals surface area (Å²) in [5, 5.41) is 6.82. The van der Waals surface area contributed by atoms with E-state index in [1.54, 1.807) is 13.3 Å². The maximum absolute atomic E-state index is 5.79. The van der Waals surface area contributed by atoms with Crippen molar-refractivity contribution in [2.45, 2.75) is 31.7 Å². The molecule has 2 aliphatic rings. The molecule has 2 aromatic rings. The molecule has 2 aliphatic heterocycles. The number of ether oxygens (including phenoxy) is 2. The minimum absolute atomic E-state index is 0.188. The summed E-state index contributed by atoms with van der Waals surface area (Å²) >= 11 is 0. The van der Waals surface area contributed by atoms with Crippen molar-refractivity contribution in [2.75, 3.05) is 45.2 Å². The summed E-state index contributed by atoms with van der Waals surface area (Å²) in [5.41, 5.74) is 0.912. The van der Waals surface area contributed by atoms with Crippen LogP contribution in [0, 0.1) is 0 Å². The third kappa shape index (κ3) is 5.03. The largest absolute Gasteiger partial charge is 0.490 e. The van der Waals surface area contributed by atoms with E-state index in [0.717, 1.165) is 49.0 Å². The molecule has 29 heavy (non-hydrogen) atoms. The normalized spacial score (nSPS) is 18.7. The smallest absolute Gasteiger partial charge is 0.195 e. The lowest BCUT2D eigenvalue weighted by atomic mass is 10.1. The minimum Gasteiger partial charge on any atom is -0.490 e. The number of rotatable bonds is 5. The highest BCUT2D eigenvalue weighted by Crippen LogP contribution is 2.32. The summed E-state index contributed by atoms with van der Waals surface area (Å²) in [6.45, 7) is 4.28. The molecule has 1 aromatic carbocycles. The summed E-state index contributed by atoms with van der Waals surface area (Å²) in [5.74, 6) is 3.27. The fourth-order valence-corrected chi connectivity index (χ4v) is 3.87. The molecule has 1 saturated heterocycles. The molecule has 0 radical (unpaired) electrons. The van der Waals surface area contributed by atoms with Gasteiger partial charge in [0.05, 0.1) is 25.5 Å². The van der Waals surface area contributed by atoms with Crippen molar-refractivity contribution in [1.82, 2.24) is 10.2 Å². The maximum Gasteiger partial charge on any atom is 0.195 e. The number of aliphatic imine (C=N–C) groups is 1. The van der Waals surface area contributed by atoms with E-state index < -0.39 is 0 Å². The van der Waals surface area contributed by atoms with Gasteiger partial charge < -0.3 is 24.5 Å². The second kappa shape index (κ2) is 9.69. The summed E-state index contributed by atoms with van der Waals surface area (Å²) in [4.78, 5) is 6.88. The molecule has 0 amide bonds. The first-order valence-electron chi connectivity index (χ1n) is 10.5. The number of fused-ring (bicyclic) bond motifs is 1. The van der Waals surface area contributed by atoms with Crippen LogP contribution in [0.1, 0.15) is 37.5 Å². The van der Waals surface area contributed by atoms with Crippen LogP contribution in [-0.4, -0.2) is 50.8 Å². The Morgan fingerprint density at radius 2 is 1.90 bits per heavy atom. The van der Waals surface area contributed by atoms with E-state index in [1.165, 1.54) is 19.3 Å². The molecule has 0 spiro atoms. The molecule has 0 saturated carbocycles. The van der Waals surface area contributed by atoms with Crippen LogP contribution in [0.25, 0.3) is 0 Å². The van der Waals surface area contributed by atoms with Crippen LogP contribution >= 0.6 is 0 Å². The molecular formula is C22H30N4O3. The Kier molecular flexibility index (Phi) is 6.56. The van der Waals surface area contributed by atoms with Crippen LogP contribution < -0.4 is 20.1 Å². The molecule has 0 aliphatic carbocycles. The van der Waals surface area contributed by atoms with E-state index in [9.17, 15) is 0 Å². The van der Waals surface area contributed by atoms with Gasteiger partial charge in [-0.2, -0.15) is 0 Å². The predicted molar refractivity (Wildman–Crippen MR) is 114 cm³/mol. The van der Waals surface area contributed by atoms with Gasteiger partial charge in [0, 0.05) is 31.8 Å². The van der Waals surface area contributed by atoms with Gasteiger partial charge in [-0.15, -0.1) is 0 Å². The molecular weight excluding hydrogens is 368 g/mol. The van der Waals surface area contributed by atoms with E-state index >= 15 is 0 Å². The van der Waals surface area contributed by atoms with Gasteiger partial charge in [0.15, 0.2) is 17.5 Å². The highest BCUT2D eigenvalue weighted by molar-refractivity contribution is 5.93. The van der Waals surface area contributed by atoms with Crippen LogP contribution in [0.15, 0.2) is 46.0 Å².